The Morgan fingerprint density at radius 1 is 0.962 bits per heavy atom. The molecule has 0 saturated carbocycles. The van der Waals surface area contributed by atoms with E-state index in [0.29, 0.717) is 12.0 Å². The van der Waals surface area contributed by atoms with Crippen molar-refractivity contribution in [2.45, 2.75) is 12.5 Å². The molecule has 6 heteroatoms. The highest BCUT2D eigenvalue weighted by atomic mass is 32.2. The molecule has 0 fully saturated rings. The first-order chi connectivity index (χ1) is 12.6. The van der Waals surface area contributed by atoms with Crippen molar-refractivity contribution >= 4 is 29.4 Å². The third-order valence-electron chi connectivity index (χ3n) is 3.70. The third kappa shape index (κ3) is 6.37. The lowest BCUT2D eigenvalue weighted by atomic mass is 10.0. The molecular weight excluding hydrogens is 350 g/mol. The summed E-state index contributed by atoms with van der Waals surface area (Å²) in [5.74, 6) is -0.574. The van der Waals surface area contributed by atoms with E-state index in [1.807, 2.05) is 36.4 Å². The number of esters is 1. The van der Waals surface area contributed by atoms with E-state index in [-0.39, 0.29) is 29.2 Å². The van der Waals surface area contributed by atoms with Crippen molar-refractivity contribution in [3.63, 3.8) is 0 Å². The highest BCUT2D eigenvalue weighted by Gasteiger charge is 2.22. The first kappa shape index (κ1) is 19.7. The van der Waals surface area contributed by atoms with Crippen molar-refractivity contribution in [2.24, 2.45) is 0 Å². The fraction of sp³-hybridized carbons (Fsp3) is 0.250. The average Bonchev–Trinajstić information content (AvgIpc) is 2.68. The van der Waals surface area contributed by atoms with Crippen LogP contribution in [0.5, 0.6) is 0 Å². The first-order valence-electron chi connectivity index (χ1n) is 8.17. The lowest BCUT2D eigenvalue weighted by Gasteiger charge is -2.18. The number of carbonyl (C=O) groups is 3. The summed E-state index contributed by atoms with van der Waals surface area (Å²) in [5, 5.41) is 2.82. The zero-order valence-corrected chi connectivity index (χ0v) is 15.3. The zero-order valence-electron chi connectivity index (χ0n) is 14.5. The molecule has 0 aliphatic heterocycles. The second-order valence-corrected chi connectivity index (χ2v) is 6.60. The van der Waals surface area contributed by atoms with Gasteiger partial charge in [0.05, 0.1) is 24.7 Å². The van der Waals surface area contributed by atoms with Gasteiger partial charge in [0.2, 0.25) is 0 Å². The van der Waals surface area contributed by atoms with Crippen molar-refractivity contribution in [2.75, 3.05) is 18.6 Å². The Morgan fingerprint density at radius 3 is 2.19 bits per heavy atom. The summed E-state index contributed by atoms with van der Waals surface area (Å²) in [6.07, 6.45) is 0.400. The largest absolute Gasteiger partial charge is 0.468 e. The normalized spacial score (nSPS) is 11.4. The number of amides is 1. The van der Waals surface area contributed by atoms with Gasteiger partial charge in [-0.3, -0.25) is 14.4 Å². The molecule has 0 spiro atoms. The summed E-state index contributed by atoms with van der Waals surface area (Å²) in [6.45, 7) is 0. The van der Waals surface area contributed by atoms with Crippen molar-refractivity contribution < 1.29 is 19.1 Å². The predicted octanol–water partition coefficient (Wildman–Crippen LogP) is 2.50. The van der Waals surface area contributed by atoms with Crippen LogP contribution in [0.25, 0.3) is 0 Å². The molecule has 26 heavy (non-hydrogen) atoms. The number of rotatable bonds is 9. The Kier molecular flexibility index (Phi) is 7.89. The van der Waals surface area contributed by atoms with Gasteiger partial charge in [0.1, 0.15) is 0 Å². The molecule has 1 atom stereocenters. The average molecular weight is 371 g/mol. The number of carbonyl (C=O) groups excluding carboxylic acids is 3. The van der Waals surface area contributed by atoms with Gasteiger partial charge < -0.3 is 10.1 Å². The van der Waals surface area contributed by atoms with Crippen LogP contribution in [0, 0.1) is 0 Å². The van der Waals surface area contributed by atoms with Gasteiger partial charge >= 0.3 is 5.97 Å². The van der Waals surface area contributed by atoms with Crippen LogP contribution >= 0.6 is 11.8 Å². The fourth-order valence-corrected chi connectivity index (χ4v) is 3.11. The van der Waals surface area contributed by atoms with Crippen molar-refractivity contribution in [1.82, 2.24) is 5.32 Å². The Morgan fingerprint density at radius 2 is 1.58 bits per heavy atom. The van der Waals surface area contributed by atoms with Crippen molar-refractivity contribution in [3.8, 4) is 0 Å². The van der Waals surface area contributed by atoms with Crippen LogP contribution in [-0.2, 0) is 20.7 Å². The monoisotopic (exact) mass is 371 g/mol. The maximum atomic E-state index is 12.6. The summed E-state index contributed by atoms with van der Waals surface area (Å²) in [6, 6.07) is 17.6. The van der Waals surface area contributed by atoms with Crippen molar-refractivity contribution in [3.05, 3.63) is 71.8 Å². The molecule has 0 heterocycles. The molecule has 2 aromatic rings. The smallest absolute Gasteiger partial charge is 0.315 e. The van der Waals surface area contributed by atoms with E-state index in [2.05, 4.69) is 10.1 Å². The maximum Gasteiger partial charge on any atom is 0.315 e. The van der Waals surface area contributed by atoms with E-state index >= 15 is 0 Å². The number of hydrogen-bond acceptors (Lipinski definition) is 5. The number of benzene rings is 2. The van der Waals surface area contributed by atoms with Crippen LogP contribution in [0.1, 0.15) is 15.9 Å². The minimum atomic E-state index is -0.657. The minimum Gasteiger partial charge on any atom is -0.468 e. The Balaban J connectivity index is 2.04. The van der Waals surface area contributed by atoms with Crippen LogP contribution in [0.4, 0.5) is 0 Å². The van der Waals surface area contributed by atoms with Crippen LogP contribution < -0.4 is 5.32 Å². The topological polar surface area (TPSA) is 72.5 Å². The van der Waals surface area contributed by atoms with Gasteiger partial charge in [-0.25, -0.2) is 0 Å². The Labute approximate surface area is 157 Å². The molecular formula is C20H21NO4S. The number of ketones is 1. The molecule has 0 aromatic heterocycles. The second kappa shape index (κ2) is 10.4. The van der Waals surface area contributed by atoms with E-state index in [1.165, 1.54) is 18.9 Å². The lowest BCUT2D eigenvalue weighted by molar-refractivity contribution is -0.137. The Hall–Kier alpha value is -2.60. The molecule has 2 aromatic carbocycles. The van der Waals surface area contributed by atoms with Crippen LogP contribution in [0.2, 0.25) is 0 Å². The van der Waals surface area contributed by atoms with E-state index < -0.39 is 6.04 Å². The van der Waals surface area contributed by atoms with Crippen LogP contribution in [-0.4, -0.2) is 42.3 Å². The standard InChI is InChI=1S/C20H21NO4S/c1-25-19(23)14-26-13-18(22)17(12-15-8-4-2-5-9-15)21-20(24)16-10-6-3-7-11-16/h2-11,17H,12-14H2,1H3,(H,21,24). The third-order valence-corrected chi connectivity index (χ3v) is 4.63. The number of thioether (sulfide) groups is 1. The zero-order chi connectivity index (χ0) is 18.8. The Bertz CT molecular complexity index is 734. The number of hydrogen-bond donors (Lipinski definition) is 1. The molecule has 136 valence electrons. The number of Topliss-reactive ketones (excluding diaryl/α,β-unsaturated/α-hetero) is 1. The molecule has 0 aliphatic carbocycles. The van der Waals surface area contributed by atoms with Crippen LogP contribution in [0.3, 0.4) is 0 Å². The van der Waals surface area contributed by atoms with Gasteiger partial charge in [-0.05, 0) is 24.1 Å². The lowest BCUT2D eigenvalue weighted by Crippen LogP contribution is -2.43. The summed E-state index contributed by atoms with van der Waals surface area (Å²) in [7, 11) is 1.31. The van der Waals surface area contributed by atoms with Gasteiger partial charge in [-0.15, -0.1) is 11.8 Å². The summed E-state index contributed by atoms with van der Waals surface area (Å²) in [4.78, 5) is 36.2. The van der Waals surface area contributed by atoms with Gasteiger partial charge in [0.15, 0.2) is 5.78 Å². The molecule has 1 amide bonds. The highest BCUT2D eigenvalue weighted by molar-refractivity contribution is 8.00. The van der Waals surface area contributed by atoms with E-state index in [1.54, 1.807) is 24.3 Å². The van der Waals surface area contributed by atoms with Gasteiger partial charge in [-0.2, -0.15) is 0 Å². The fourth-order valence-electron chi connectivity index (χ4n) is 2.32. The first-order valence-corrected chi connectivity index (χ1v) is 9.32. The number of nitrogens with one attached hydrogen (secondary N) is 1. The summed E-state index contributed by atoms with van der Waals surface area (Å²) < 4.78 is 4.57. The highest BCUT2D eigenvalue weighted by Crippen LogP contribution is 2.10. The van der Waals surface area contributed by atoms with E-state index in [9.17, 15) is 14.4 Å². The van der Waals surface area contributed by atoms with E-state index in [4.69, 9.17) is 0 Å². The number of methoxy groups -OCH3 is 1. The minimum absolute atomic E-state index is 0.104. The second-order valence-electron chi connectivity index (χ2n) is 5.62. The molecule has 5 nitrogen and oxygen atoms in total. The van der Waals surface area contributed by atoms with Gasteiger partial charge in [-0.1, -0.05) is 48.5 Å². The predicted molar refractivity (Wildman–Crippen MR) is 102 cm³/mol. The van der Waals surface area contributed by atoms with Gasteiger partial charge in [0, 0.05) is 5.56 Å². The maximum absolute atomic E-state index is 12.6. The SMILES string of the molecule is COC(=O)CSCC(=O)C(Cc1ccccc1)NC(=O)c1ccccc1. The molecule has 0 aliphatic rings. The molecule has 0 radical (unpaired) electrons. The quantitative estimate of drug-likeness (QED) is 0.686. The summed E-state index contributed by atoms with van der Waals surface area (Å²) >= 11 is 1.18. The van der Waals surface area contributed by atoms with E-state index in [0.717, 1.165) is 5.56 Å². The number of ether oxygens (including phenoxy) is 1. The van der Waals surface area contributed by atoms with Crippen LogP contribution in [0.15, 0.2) is 60.7 Å². The molecule has 0 saturated heterocycles. The molecule has 1 unspecified atom stereocenters. The molecule has 2 rings (SSSR count). The van der Waals surface area contributed by atoms with Crippen molar-refractivity contribution in [1.29, 1.82) is 0 Å². The van der Waals surface area contributed by atoms with Gasteiger partial charge in [0.25, 0.3) is 5.91 Å². The molecule has 1 N–H and O–H groups in total. The summed E-state index contributed by atoms with van der Waals surface area (Å²) in [5.41, 5.74) is 1.46. The molecule has 0 bridgehead atoms.